The van der Waals surface area contributed by atoms with Crippen molar-refractivity contribution in [2.24, 2.45) is 0 Å². The van der Waals surface area contributed by atoms with Gasteiger partial charge >= 0.3 is 0 Å². The Morgan fingerprint density at radius 2 is 1.72 bits per heavy atom. The standard InChI is InChI=1S/C26H26ClFN2O2/c1-32-21-11-7-19(8-12-21)16-30-25(31)24-22(3-2-4-23(24)27)26(30)13-14-29(17-26)15-18-5-9-20(28)10-6-18/h2-12,25,31H,13-17H2,1H3. The van der Waals surface area contributed by atoms with E-state index in [1.165, 1.54) is 12.1 Å². The molecule has 2 aliphatic heterocycles. The molecule has 1 spiro atoms. The summed E-state index contributed by atoms with van der Waals surface area (Å²) in [4.78, 5) is 4.55. The zero-order chi connectivity index (χ0) is 22.3. The van der Waals surface area contributed by atoms with Crippen molar-refractivity contribution in [3.05, 3.63) is 99.8 Å². The zero-order valence-electron chi connectivity index (χ0n) is 18.0. The van der Waals surface area contributed by atoms with E-state index in [2.05, 4.69) is 15.9 Å². The van der Waals surface area contributed by atoms with Crippen molar-refractivity contribution in [1.82, 2.24) is 9.80 Å². The lowest BCUT2D eigenvalue weighted by molar-refractivity contribution is -0.0558. The number of fused-ring (bicyclic) bond motifs is 2. The first-order valence-corrected chi connectivity index (χ1v) is 11.2. The van der Waals surface area contributed by atoms with Gasteiger partial charge in [-0.1, -0.05) is 48.0 Å². The Hall–Kier alpha value is -2.44. The lowest BCUT2D eigenvalue weighted by atomic mass is 9.88. The molecule has 0 saturated carbocycles. The second kappa shape index (κ2) is 8.49. The summed E-state index contributed by atoms with van der Waals surface area (Å²) in [7, 11) is 1.65. The smallest absolute Gasteiger partial charge is 0.136 e. The van der Waals surface area contributed by atoms with Crippen LogP contribution in [0.1, 0.15) is 34.9 Å². The number of rotatable bonds is 5. The van der Waals surface area contributed by atoms with E-state index < -0.39 is 6.23 Å². The number of benzene rings is 3. The minimum atomic E-state index is -0.772. The van der Waals surface area contributed by atoms with Crippen molar-refractivity contribution in [2.75, 3.05) is 20.2 Å². The molecule has 4 nitrogen and oxygen atoms in total. The largest absolute Gasteiger partial charge is 0.497 e. The highest BCUT2D eigenvalue weighted by molar-refractivity contribution is 6.31. The van der Waals surface area contributed by atoms with Crippen molar-refractivity contribution in [2.45, 2.75) is 31.3 Å². The molecule has 2 aliphatic rings. The Balaban J connectivity index is 1.46. The van der Waals surface area contributed by atoms with Gasteiger partial charge in [-0.05, 0) is 53.4 Å². The third-order valence-electron chi connectivity index (χ3n) is 6.82. The highest BCUT2D eigenvalue weighted by Crippen LogP contribution is 2.52. The lowest BCUT2D eigenvalue weighted by Gasteiger charge is -2.37. The van der Waals surface area contributed by atoms with E-state index in [0.29, 0.717) is 11.6 Å². The van der Waals surface area contributed by atoms with Gasteiger partial charge in [0.05, 0.1) is 12.6 Å². The zero-order valence-corrected chi connectivity index (χ0v) is 18.7. The summed E-state index contributed by atoms with van der Waals surface area (Å²) in [6, 6.07) is 20.6. The lowest BCUT2D eigenvalue weighted by Crippen LogP contribution is -2.44. The van der Waals surface area contributed by atoms with Gasteiger partial charge in [0.1, 0.15) is 17.8 Å². The van der Waals surface area contributed by atoms with Crippen LogP contribution in [-0.2, 0) is 18.6 Å². The van der Waals surface area contributed by atoms with E-state index in [1.807, 2.05) is 48.5 Å². The minimum Gasteiger partial charge on any atom is -0.497 e. The third-order valence-corrected chi connectivity index (χ3v) is 7.15. The number of ether oxygens (including phenoxy) is 1. The number of hydrogen-bond acceptors (Lipinski definition) is 4. The highest BCUT2D eigenvalue weighted by Gasteiger charge is 2.53. The molecule has 0 aromatic heterocycles. The molecule has 0 aliphatic carbocycles. The molecule has 166 valence electrons. The number of hydrogen-bond donors (Lipinski definition) is 1. The molecule has 1 N–H and O–H groups in total. The fourth-order valence-electron chi connectivity index (χ4n) is 5.22. The van der Waals surface area contributed by atoms with E-state index >= 15 is 0 Å². The number of halogens is 2. The Morgan fingerprint density at radius 3 is 2.44 bits per heavy atom. The average Bonchev–Trinajstić information content (AvgIpc) is 3.32. The molecular weight excluding hydrogens is 427 g/mol. The minimum absolute atomic E-state index is 0.222. The first kappa shape index (κ1) is 21.4. The number of nitrogens with zero attached hydrogens (tertiary/aromatic N) is 2. The van der Waals surface area contributed by atoms with Gasteiger partial charge in [0.2, 0.25) is 0 Å². The van der Waals surface area contributed by atoms with Crippen molar-refractivity contribution in [3.8, 4) is 5.75 Å². The summed E-state index contributed by atoms with van der Waals surface area (Å²) in [5, 5.41) is 12.0. The Bertz CT molecular complexity index is 1110. The molecule has 32 heavy (non-hydrogen) atoms. The van der Waals surface area contributed by atoms with Gasteiger partial charge in [-0.3, -0.25) is 9.80 Å². The molecule has 2 atom stereocenters. The van der Waals surface area contributed by atoms with Crippen molar-refractivity contribution in [3.63, 3.8) is 0 Å². The molecule has 0 radical (unpaired) electrons. The van der Waals surface area contributed by atoms with E-state index in [4.69, 9.17) is 16.3 Å². The number of likely N-dealkylation sites (tertiary alicyclic amines) is 1. The topological polar surface area (TPSA) is 35.9 Å². The van der Waals surface area contributed by atoms with Crippen LogP contribution in [0.3, 0.4) is 0 Å². The second-order valence-corrected chi connectivity index (χ2v) is 9.08. The molecule has 3 aromatic rings. The molecular formula is C26H26ClFN2O2. The van der Waals surface area contributed by atoms with Crippen LogP contribution in [0.4, 0.5) is 4.39 Å². The van der Waals surface area contributed by atoms with Crippen molar-refractivity contribution < 1.29 is 14.2 Å². The molecule has 0 amide bonds. The summed E-state index contributed by atoms with van der Waals surface area (Å²) in [5.41, 5.74) is 3.76. The van der Waals surface area contributed by atoms with Crippen LogP contribution < -0.4 is 4.74 Å². The Labute approximate surface area is 192 Å². The molecule has 5 rings (SSSR count). The van der Waals surface area contributed by atoms with E-state index in [1.54, 1.807) is 7.11 Å². The predicted octanol–water partition coefficient (Wildman–Crippen LogP) is 5.10. The number of methoxy groups -OCH3 is 1. The molecule has 2 unspecified atom stereocenters. The SMILES string of the molecule is COc1ccc(CN2C(O)c3c(Cl)cccc3C23CCN(Cc2ccc(F)cc2)C3)cc1. The van der Waals surface area contributed by atoms with Crippen LogP contribution >= 0.6 is 11.6 Å². The van der Waals surface area contributed by atoms with Gasteiger partial charge in [0.15, 0.2) is 0 Å². The maximum absolute atomic E-state index is 13.3. The summed E-state index contributed by atoms with van der Waals surface area (Å²) in [5.74, 6) is 0.586. The molecule has 3 aromatic carbocycles. The normalized spacial score (nSPS) is 23.1. The first-order chi connectivity index (χ1) is 15.5. The fraction of sp³-hybridized carbons (Fsp3) is 0.308. The van der Waals surface area contributed by atoms with Gasteiger partial charge < -0.3 is 9.84 Å². The highest BCUT2D eigenvalue weighted by atomic mass is 35.5. The number of aliphatic hydroxyl groups excluding tert-OH is 1. The maximum Gasteiger partial charge on any atom is 0.136 e. The van der Waals surface area contributed by atoms with Crippen LogP contribution in [0.5, 0.6) is 5.75 Å². The van der Waals surface area contributed by atoms with Gasteiger partial charge in [-0.2, -0.15) is 0 Å². The summed E-state index contributed by atoms with van der Waals surface area (Å²) >= 11 is 6.56. The van der Waals surface area contributed by atoms with Gasteiger partial charge in [-0.15, -0.1) is 0 Å². The summed E-state index contributed by atoms with van der Waals surface area (Å²) < 4.78 is 18.6. The molecule has 1 fully saturated rings. The average molecular weight is 453 g/mol. The van der Waals surface area contributed by atoms with Gasteiger partial charge in [0, 0.05) is 36.8 Å². The Morgan fingerprint density at radius 1 is 1.03 bits per heavy atom. The Kier molecular flexibility index (Phi) is 5.68. The third kappa shape index (κ3) is 3.69. The second-order valence-electron chi connectivity index (χ2n) is 8.67. The van der Waals surface area contributed by atoms with Gasteiger partial charge in [0.25, 0.3) is 0 Å². The quantitative estimate of drug-likeness (QED) is 0.584. The van der Waals surface area contributed by atoms with E-state index in [-0.39, 0.29) is 11.4 Å². The van der Waals surface area contributed by atoms with Crippen LogP contribution in [0.25, 0.3) is 0 Å². The van der Waals surface area contributed by atoms with Crippen LogP contribution in [0.15, 0.2) is 66.7 Å². The maximum atomic E-state index is 13.3. The molecule has 2 heterocycles. The van der Waals surface area contributed by atoms with Crippen molar-refractivity contribution >= 4 is 11.6 Å². The summed E-state index contributed by atoms with van der Waals surface area (Å²) in [6.07, 6.45) is 0.112. The van der Waals surface area contributed by atoms with Crippen molar-refractivity contribution in [1.29, 1.82) is 0 Å². The monoisotopic (exact) mass is 452 g/mol. The predicted molar refractivity (Wildman–Crippen MR) is 123 cm³/mol. The summed E-state index contributed by atoms with van der Waals surface area (Å²) in [6.45, 7) is 2.99. The van der Waals surface area contributed by atoms with E-state index in [9.17, 15) is 9.50 Å². The van der Waals surface area contributed by atoms with E-state index in [0.717, 1.165) is 54.1 Å². The van der Waals surface area contributed by atoms with Crippen LogP contribution in [0.2, 0.25) is 5.02 Å². The first-order valence-electron chi connectivity index (χ1n) is 10.8. The van der Waals surface area contributed by atoms with Gasteiger partial charge in [-0.25, -0.2) is 4.39 Å². The molecule has 6 heteroatoms. The fourth-order valence-corrected chi connectivity index (χ4v) is 5.50. The molecule has 1 saturated heterocycles. The van der Waals surface area contributed by atoms with Crippen LogP contribution in [0, 0.1) is 5.82 Å². The molecule has 0 bridgehead atoms. The number of aliphatic hydroxyl groups is 1. The van der Waals surface area contributed by atoms with Crippen LogP contribution in [-0.4, -0.2) is 35.1 Å².